The fraction of sp³-hybridized carbons (Fsp3) is 0.500. The quantitative estimate of drug-likeness (QED) is 0.645. The van der Waals surface area contributed by atoms with E-state index < -0.39 is 11.9 Å². The highest BCUT2D eigenvalue weighted by Crippen LogP contribution is 2.22. The Labute approximate surface area is 156 Å². The lowest BCUT2D eigenvalue weighted by molar-refractivity contribution is -0.159. The lowest BCUT2D eigenvalue weighted by Crippen LogP contribution is -2.51. The normalized spacial score (nSPS) is 17.7. The van der Waals surface area contributed by atoms with Crippen molar-refractivity contribution in [1.82, 2.24) is 10.2 Å². The van der Waals surface area contributed by atoms with E-state index in [2.05, 4.69) is 5.32 Å². The van der Waals surface area contributed by atoms with Crippen molar-refractivity contribution in [3.05, 3.63) is 30.1 Å². The van der Waals surface area contributed by atoms with Crippen molar-refractivity contribution in [1.29, 1.82) is 0 Å². The standard InChI is InChI=1S/C16H22FN3O.C2H2O4/c17-14-3-1-2-4-15(14)19-9-11-20(12-10-19)16(21)13-5-7-18-8-6-13;3-1(4)2(5)6/h1-4,13,18H,5-12H2;(H,3,4)(H,5,6). The predicted octanol–water partition coefficient (Wildman–Crippen LogP) is 0.630. The van der Waals surface area contributed by atoms with Gasteiger partial charge in [-0.05, 0) is 38.1 Å². The summed E-state index contributed by atoms with van der Waals surface area (Å²) >= 11 is 0. The van der Waals surface area contributed by atoms with E-state index in [-0.39, 0.29) is 17.6 Å². The molecule has 2 aliphatic heterocycles. The molecule has 0 saturated carbocycles. The van der Waals surface area contributed by atoms with Gasteiger partial charge in [0.2, 0.25) is 5.91 Å². The second-order valence-electron chi connectivity index (χ2n) is 6.40. The van der Waals surface area contributed by atoms with Crippen LogP contribution in [0.3, 0.4) is 0 Å². The molecule has 2 saturated heterocycles. The first kappa shape index (κ1) is 20.6. The number of anilines is 1. The second-order valence-corrected chi connectivity index (χ2v) is 6.40. The molecular weight excluding hydrogens is 357 g/mol. The van der Waals surface area contributed by atoms with Gasteiger partial charge in [0, 0.05) is 32.1 Å². The molecule has 0 unspecified atom stereocenters. The average molecular weight is 381 g/mol. The van der Waals surface area contributed by atoms with Crippen LogP contribution in [0, 0.1) is 11.7 Å². The number of rotatable bonds is 2. The maximum atomic E-state index is 13.8. The van der Waals surface area contributed by atoms with E-state index >= 15 is 0 Å². The molecule has 2 aliphatic rings. The van der Waals surface area contributed by atoms with Crippen molar-refractivity contribution in [2.75, 3.05) is 44.2 Å². The number of aliphatic carboxylic acids is 2. The van der Waals surface area contributed by atoms with Crippen molar-refractivity contribution < 1.29 is 29.0 Å². The number of piperazine rings is 1. The Balaban J connectivity index is 0.000000380. The molecule has 0 bridgehead atoms. The van der Waals surface area contributed by atoms with Crippen molar-refractivity contribution in [3.8, 4) is 0 Å². The van der Waals surface area contributed by atoms with Gasteiger partial charge in [-0.2, -0.15) is 0 Å². The molecule has 0 atom stereocenters. The number of nitrogens with one attached hydrogen (secondary N) is 1. The molecule has 1 amide bonds. The number of hydrogen-bond donors (Lipinski definition) is 3. The van der Waals surface area contributed by atoms with Gasteiger partial charge in [0.15, 0.2) is 0 Å². The summed E-state index contributed by atoms with van der Waals surface area (Å²) in [6.45, 7) is 4.67. The van der Waals surface area contributed by atoms with Crippen LogP contribution in [0.5, 0.6) is 0 Å². The van der Waals surface area contributed by atoms with Crippen LogP contribution in [0.25, 0.3) is 0 Å². The molecule has 2 heterocycles. The zero-order chi connectivity index (χ0) is 19.8. The number of amides is 1. The van der Waals surface area contributed by atoms with Crippen LogP contribution in [-0.4, -0.2) is 72.2 Å². The van der Waals surface area contributed by atoms with Gasteiger partial charge < -0.3 is 25.3 Å². The third-order valence-electron chi connectivity index (χ3n) is 4.66. The monoisotopic (exact) mass is 381 g/mol. The van der Waals surface area contributed by atoms with Crippen LogP contribution in [0.1, 0.15) is 12.8 Å². The predicted molar refractivity (Wildman–Crippen MR) is 96.1 cm³/mol. The fourth-order valence-corrected chi connectivity index (χ4v) is 3.20. The van der Waals surface area contributed by atoms with E-state index in [1.54, 1.807) is 12.1 Å². The Morgan fingerprint density at radius 2 is 1.52 bits per heavy atom. The summed E-state index contributed by atoms with van der Waals surface area (Å²) in [6.07, 6.45) is 1.87. The minimum absolute atomic E-state index is 0.172. The molecule has 0 radical (unpaired) electrons. The van der Waals surface area contributed by atoms with Crippen LogP contribution in [0.4, 0.5) is 10.1 Å². The molecule has 1 aromatic rings. The van der Waals surface area contributed by atoms with E-state index in [0.717, 1.165) is 25.9 Å². The van der Waals surface area contributed by atoms with Gasteiger partial charge in [-0.25, -0.2) is 14.0 Å². The van der Waals surface area contributed by atoms with Crippen LogP contribution < -0.4 is 10.2 Å². The SMILES string of the molecule is O=C(C1CCNCC1)N1CCN(c2ccccc2F)CC1.O=C(O)C(=O)O. The van der Waals surface area contributed by atoms with Crippen molar-refractivity contribution in [2.24, 2.45) is 5.92 Å². The summed E-state index contributed by atoms with van der Waals surface area (Å²) in [6, 6.07) is 6.85. The number of para-hydroxylation sites is 1. The lowest BCUT2D eigenvalue weighted by atomic mass is 9.96. The zero-order valence-corrected chi connectivity index (χ0v) is 14.9. The maximum Gasteiger partial charge on any atom is 0.414 e. The smallest absolute Gasteiger partial charge is 0.414 e. The number of halogens is 1. The van der Waals surface area contributed by atoms with E-state index in [9.17, 15) is 9.18 Å². The van der Waals surface area contributed by atoms with Crippen molar-refractivity contribution in [3.63, 3.8) is 0 Å². The zero-order valence-electron chi connectivity index (χ0n) is 14.9. The van der Waals surface area contributed by atoms with Gasteiger partial charge in [0.1, 0.15) is 5.82 Å². The summed E-state index contributed by atoms with van der Waals surface area (Å²) in [7, 11) is 0. The first-order chi connectivity index (χ1) is 12.9. The Bertz CT molecular complexity index is 659. The number of hydrogen-bond acceptors (Lipinski definition) is 5. The Hall–Kier alpha value is -2.68. The number of carbonyl (C=O) groups is 3. The van der Waals surface area contributed by atoms with Gasteiger partial charge in [0.25, 0.3) is 0 Å². The van der Waals surface area contributed by atoms with Gasteiger partial charge in [-0.3, -0.25) is 4.79 Å². The molecule has 0 spiro atoms. The molecule has 0 aromatic heterocycles. The first-order valence-electron chi connectivity index (χ1n) is 8.85. The highest BCUT2D eigenvalue weighted by molar-refractivity contribution is 6.27. The number of carboxylic acid groups (broad SMARTS) is 2. The summed E-state index contributed by atoms with van der Waals surface area (Å²) in [4.78, 5) is 34.6. The van der Waals surface area contributed by atoms with Crippen LogP contribution >= 0.6 is 0 Å². The van der Waals surface area contributed by atoms with Crippen molar-refractivity contribution >= 4 is 23.5 Å². The van der Waals surface area contributed by atoms with Gasteiger partial charge >= 0.3 is 11.9 Å². The Morgan fingerprint density at radius 1 is 0.963 bits per heavy atom. The van der Waals surface area contributed by atoms with Crippen LogP contribution in [-0.2, 0) is 14.4 Å². The number of carbonyl (C=O) groups excluding carboxylic acids is 1. The third-order valence-corrected chi connectivity index (χ3v) is 4.66. The summed E-state index contributed by atoms with van der Waals surface area (Å²) in [5.74, 6) is -3.38. The fourth-order valence-electron chi connectivity index (χ4n) is 3.20. The molecule has 0 aliphatic carbocycles. The van der Waals surface area contributed by atoms with Gasteiger partial charge in [0.05, 0.1) is 5.69 Å². The molecule has 148 valence electrons. The highest BCUT2D eigenvalue weighted by atomic mass is 19.1. The highest BCUT2D eigenvalue weighted by Gasteiger charge is 2.28. The molecule has 2 fully saturated rings. The van der Waals surface area contributed by atoms with E-state index in [1.165, 1.54) is 6.07 Å². The first-order valence-corrected chi connectivity index (χ1v) is 8.85. The summed E-state index contributed by atoms with van der Waals surface area (Å²) in [5, 5.41) is 18.1. The van der Waals surface area contributed by atoms with Crippen molar-refractivity contribution in [2.45, 2.75) is 12.8 Å². The van der Waals surface area contributed by atoms with Crippen LogP contribution in [0.2, 0.25) is 0 Å². The van der Waals surface area contributed by atoms with E-state index in [1.807, 2.05) is 15.9 Å². The summed E-state index contributed by atoms with van der Waals surface area (Å²) < 4.78 is 13.8. The maximum absolute atomic E-state index is 13.8. The summed E-state index contributed by atoms with van der Waals surface area (Å²) in [5.41, 5.74) is 0.645. The number of carboxylic acids is 2. The largest absolute Gasteiger partial charge is 0.473 e. The van der Waals surface area contributed by atoms with E-state index in [0.29, 0.717) is 31.9 Å². The third kappa shape index (κ3) is 5.92. The average Bonchev–Trinajstić information content (AvgIpc) is 2.69. The molecular formula is C18H24FN3O5. The molecule has 3 N–H and O–H groups in total. The Kier molecular flexibility index (Phi) is 7.54. The number of benzene rings is 1. The number of piperidine rings is 1. The second kappa shape index (κ2) is 9.86. The van der Waals surface area contributed by atoms with Gasteiger partial charge in [-0.1, -0.05) is 12.1 Å². The minimum atomic E-state index is -1.82. The molecule has 27 heavy (non-hydrogen) atoms. The van der Waals surface area contributed by atoms with Crippen LogP contribution in [0.15, 0.2) is 24.3 Å². The van der Waals surface area contributed by atoms with E-state index in [4.69, 9.17) is 19.8 Å². The number of nitrogens with zero attached hydrogens (tertiary/aromatic N) is 2. The topological polar surface area (TPSA) is 110 Å². The van der Waals surface area contributed by atoms with Gasteiger partial charge in [-0.15, -0.1) is 0 Å². The molecule has 3 rings (SSSR count). The lowest BCUT2D eigenvalue weighted by Gasteiger charge is -2.38. The molecule has 1 aromatic carbocycles. The molecule has 8 nitrogen and oxygen atoms in total. The molecule has 9 heteroatoms. The Morgan fingerprint density at radius 3 is 2.04 bits per heavy atom. The minimum Gasteiger partial charge on any atom is -0.473 e.